The molecule has 7 nitrogen and oxygen atoms in total. The van der Waals surface area contributed by atoms with Gasteiger partial charge in [-0.2, -0.15) is 16.9 Å². The van der Waals surface area contributed by atoms with Crippen LogP contribution in [0, 0.1) is 0 Å². The predicted octanol–water partition coefficient (Wildman–Crippen LogP) is 4.50. The van der Waals surface area contributed by atoms with E-state index in [1.807, 2.05) is 83.3 Å². The molecule has 0 unspecified atom stereocenters. The first-order valence-corrected chi connectivity index (χ1v) is 12.8. The maximum absolute atomic E-state index is 13.2. The first kappa shape index (κ1) is 22.4. The molecule has 34 heavy (non-hydrogen) atoms. The van der Waals surface area contributed by atoms with Crippen molar-refractivity contribution in [2.24, 2.45) is 0 Å². The molecule has 1 amide bonds. The number of aryl methyl sites for hydroxylation is 1. The summed E-state index contributed by atoms with van der Waals surface area (Å²) in [6.45, 7) is 3.42. The van der Waals surface area contributed by atoms with Crippen LogP contribution in [-0.4, -0.2) is 61.7 Å². The largest absolute Gasteiger partial charge is 0.302 e. The number of thioether (sulfide) groups is 1. The summed E-state index contributed by atoms with van der Waals surface area (Å²) in [5.74, 6) is 2.79. The molecule has 8 heteroatoms. The van der Waals surface area contributed by atoms with Crippen LogP contribution in [0.25, 0.3) is 16.8 Å². The lowest BCUT2D eigenvalue weighted by Crippen LogP contribution is -2.33. The van der Waals surface area contributed by atoms with Crippen molar-refractivity contribution in [2.75, 3.05) is 36.5 Å². The van der Waals surface area contributed by atoms with Gasteiger partial charge in [-0.05, 0) is 49.2 Å². The second-order valence-electron chi connectivity index (χ2n) is 8.34. The average molecular weight is 473 g/mol. The molecule has 1 aliphatic rings. The van der Waals surface area contributed by atoms with E-state index in [9.17, 15) is 4.79 Å². The van der Waals surface area contributed by atoms with Crippen molar-refractivity contribution in [2.45, 2.75) is 12.8 Å². The minimum atomic E-state index is -0.189. The first-order chi connectivity index (χ1) is 16.8. The zero-order chi connectivity index (χ0) is 23.2. The Hall–Kier alpha value is -3.36. The SMILES string of the molecule is O=C(Nc1nc(CCCN2CCSCC2)cn1-c1ccccc1)c1cccc(-c2cn[nH]c2)c1. The number of hydrogen-bond donors (Lipinski definition) is 2. The summed E-state index contributed by atoms with van der Waals surface area (Å²) >= 11 is 2.03. The molecule has 4 aromatic rings. The minimum Gasteiger partial charge on any atom is -0.302 e. The summed E-state index contributed by atoms with van der Waals surface area (Å²) in [5.41, 5.74) is 4.40. The normalized spacial score (nSPS) is 14.2. The maximum atomic E-state index is 13.2. The van der Waals surface area contributed by atoms with Crippen molar-refractivity contribution in [3.05, 3.63) is 84.4 Å². The van der Waals surface area contributed by atoms with Gasteiger partial charge in [-0.15, -0.1) is 0 Å². The Balaban J connectivity index is 1.33. The number of amides is 1. The van der Waals surface area contributed by atoms with E-state index >= 15 is 0 Å². The highest BCUT2D eigenvalue weighted by Crippen LogP contribution is 2.22. The van der Waals surface area contributed by atoms with E-state index in [1.54, 1.807) is 6.20 Å². The van der Waals surface area contributed by atoms with E-state index in [0.717, 1.165) is 41.9 Å². The number of para-hydroxylation sites is 1. The van der Waals surface area contributed by atoms with Crippen LogP contribution in [0.3, 0.4) is 0 Å². The Labute approximate surface area is 203 Å². The highest BCUT2D eigenvalue weighted by Gasteiger charge is 2.16. The molecular weight excluding hydrogens is 444 g/mol. The van der Waals surface area contributed by atoms with Gasteiger partial charge in [0, 0.05) is 53.8 Å². The molecule has 2 N–H and O–H groups in total. The molecule has 3 heterocycles. The van der Waals surface area contributed by atoms with E-state index in [2.05, 4.69) is 20.4 Å². The molecule has 1 aliphatic heterocycles. The number of benzene rings is 2. The van der Waals surface area contributed by atoms with Gasteiger partial charge in [0.05, 0.1) is 11.9 Å². The molecule has 0 saturated carbocycles. The number of nitrogens with zero attached hydrogens (tertiary/aromatic N) is 4. The Morgan fingerprint density at radius 3 is 2.71 bits per heavy atom. The summed E-state index contributed by atoms with van der Waals surface area (Å²) in [5, 5.41) is 9.85. The number of aromatic amines is 1. The van der Waals surface area contributed by atoms with Gasteiger partial charge < -0.3 is 4.90 Å². The second-order valence-corrected chi connectivity index (χ2v) is 9.57. The Morgan fingerprint density at radius 2 is 1.91 bits per heavy atom. The molecular formula is C26H28N6OS. The van der Waals surface area contributed by atoms with Crippen LogP contribution in [0.2, 0.25) is 0 Å². The van der Waals surface area contributed by atoms with Gasteiger partial charge in [-0.1, -0.05) is 30.3 Å². The summed E-state index contributed by atoms with van der Waals surface area (Å²) in [6.07, 6.45) is 7.53. The second kappa shape index (κ2) is 10.7. The summed E-state index contributed by atoms with van der Waals surface area (Å²) < 4.78 is 1.96. The number of imidazole rings is 1. The number of hydrogen-bond acceptors (Lipinski definition) is 5. The van der Waals surface area contributed by atoms with Gasteiger partial charge >= 0.3 is 0 Å². The predicted molar refractivity (Wildman–Crippen MR) is 138 cm³/mol. The third-order valence-electron chi connectivity index (χ3n) is 5.98. The third kappa shape index (κ3) is 5.40. The molecule has 0 bridgehead atoms. The summed E-state index contributed by atoms with van der Waals surface area (Å²) in [4.78, 5) is 20.5. The number of rotatable bonds is 8. The highest BCUT2D eigenvalue weighted by molar-refractivity contribution is 7.99. The van der Waals surface area contributed by atoms with Crippen molar-refractivity contribution < 1.29 is 4.79 Å². The fourth-order valence-electron chi connectivity index (χ4n) is 4.15. The van der Waals surface area contributed by atoms with Crippen molar-refractivity contribution in [3.63, 3.8) is 0 Å². The van der Waals surface area contributed by atoms with Crippen LogP contribution < -0.4 is 5.32 Å². The van der Waals surface area contributed by atoms with Gasteiger partial charge in [-0.25, -0.2) is 4.98 Å². The summed E-state index contributed by atoms with van der Waals surface area (Å²) in [7, 11) is 0. The Kier molecular flexibility index (Phi) is 7.07. The number of carbonyl (C=O) groups excluding carboxylic acids is 1. The standard InChI is InChI=1S/C26H28N6OS/c33-25(21-7-4-6-20(16-21)22-17-27-28-18-22)30-26-29-23(8-5-11-31-12-14-34-15-13-31)19-32(26)24-9-2-1-3-10-24/h1-4,6-7,9-10,16-19H,5,8,11-15H2,(H,27,28)(H,29,30,33). The van der Waals surface area contributed by atoms with Crippen molar-refractivity contribution >= 4 is 23.6 Å². The van der Waals surface area contributed by atoms with Crippen LogP contribution in [0.1, 0.15) is 22.5 Å². The molecule has 0 spiro atoms. The lowest BCUT2D eigenvalue weighted by molar-refractivity contribution is 0.102. The van der Waals surface area contributed by atoms with Crippen LogP contribution in [0.5, 0.6) is 0 Å². The number of anilines is 1. The van der Waals surface area contributed by atoms with Gasteiger partial charge in [0.1, 0.15) is 0 Å². The van der Waals surface area contributed by atoms with Gasteiger partial charge in [0.15, 0.2) is 0 Å². The van der Waals surface area contributed by atoms with Crippen LogP contribution in [-0.2, 0) is 6.42 Å². The molecule has 174 valence electrons. The number of aromatic nitrogens is 4. The van der Waals surface area contributed by atoms with E-state index in [1.165, 1.54) is 24.6 Å². The number of nitrogens with one attached hydrogen (secondary N) is 2. The quantitative estimate of drug-likeness (QED) is 0.395. The topological polar surface area (TPSA) is 78.8 Å². The van der Waals surface area contributed by atoms with Crippen molar-refractivity contribution in [1.82, 2.24) is 24.6 Å². The molecule has 0 radical (unpaired) electrons. The lowest BCUT2D eigenvalue weighted by atomic mass is 10.1. The average Bonchev–Trinajstić information content (AvgIpc) is 3.56. The number of carbonyl (C=O) groups is 1. The van der Waals surface area contributed by atoms with Crippen molar-refractivity contribution in [1.29, 1.82) is 0 Å². The molecule has 5 rings (SSSR count). The van der Waals surface area contributed by atoms with Gasteiger partial charge in [0.25, 0.3) is 5.91 Å². The fraction of sp³-hybridized carbons (Fsp3) is 0.269. The molecule has 0 aliphatic carbocycles. The smallest absolute Gasteiger partial charge is 0.258 e. The van der Waals surface area contributed by atoms with Gasteiger partial charge in [0.2, 0.25) is 5.95 Å². The lowest BCUT2D eigenvalue weighted by Gasteiger charge is -2.25. The molecule has 2 aromatic heterocycles. The van der Waals surface area contributed by atoms with E-state index in [0.29, 0.717) is 11.5 Å². The van der Waals surface area contributed by atoms with Crippen LogP contribution >= 0.6 is 11.8 Å². The monoisotopic (exact) mass is 472 g/mol. The third-order valence-corrected chi connectivity index (χ3v) is 6.93. The first-order valence-electron chi connectivity index (χ1n) is 11.6. The van der Waals surface area contributed by atoms with E-state index in [4.69, 9.17) is 4.98 Å². The van der Waals surface area contributed by atoms with E-state index < -0.39 is 0 Å². The minimum absolute atomic E-state index is 0.189. The fourth-order valence-corrected chi connectivity index (χ4v) is 5.13. The van der Waals surface area contributed by atoms with Crippen LogP contribution in [0.15, 0.2) is 73.2 Å². The highest BCUT2D eigenvalue weighted by atomic mass is 32.2. The van der Waals surface area contributed by atoms with E-state index in [-0.39, 0.29) is 5.91 Å². The Morgan fingerprint density at radius 1 is 1.06 bits per heavy atom. The molecule has 1 fully saturated rings. The van der Waals surface area contributed by atoms with Gasteiger partial charge in [-0.3, -0.25) is 19.8 Å². The Bertz CT molecular complexity index is 1220. The zero-order valence-corrected chi connectivity index (χ0v) is 19.8. The summed E-state index contributed by atoms with van der Waals surface area (Å²) in [6, 6.07) is 17.5. The van der Waals surface area contributed by atoms with Crippen molar-refractivity contribution in [3.8, 4) is 16.8 Å². The molecule has 1 saturated heterocycles. The molecule has 2 aromatic carbocycles. The number of H-pyrrole nitrogens is 1. The zero-order valence-electron chi connectivity index (χ0n) is 19.0. The van der Waals surface area contributed by atoms with Crippen LogP contribution in [0.4, 0.5) is 5.95 Å². The molecule has 0 atom stereocenters. The maximum Gasteiger partial charge on any atom is 0.258 e.